The Morgan fingerprint density at radius 2 is 2.26 bits per heavy atom. The summed E-state index contributed by atoms with van der Waals surface area (Å²) in [6.07, 6.45) is 4.90. The number of imidazole rings is 1. The molecule has 0 aliphatic carbocycles. The Hall–Kier alpha value is -2.08. The van der Waals surface area contributed by atoms with Gasteiger partial charge in [-0.15, -0.1) is 0 Å². The van der Waals surface area contributed by atoms with Crippen LogP contribution in [0, 0.1) is 0 Å². The Morgan fingerprint density at radius 3 is 2.84 bits per heavy atom. The first-order valence-electron chi connectivity index (χ1n) is 5.55. The van der Waals surface area contributed by atoms with Crippen LogP contribution < -0.4 is 4.90 Å². The lowest BCUT2D eigenvalue weighted by molar-refractivity contribution is 0.0697. The summed E-state index contributed by atoms with van der Waals surface area (Å²) < 4.78 is 1.89. The Morgan fingerprint density at radius 1 is 1.53 bits per heavy atom. The molecule has 19 heavy (non-hydrogen) atoms. The van der Waals surface area contributed by atoms with Crippen molar-refractivity contribution in [1.82, 2.24) is 14.5 Å². The van der Waals surface area contributed by atoms with Gasteiger partial charge in [0.1, 0.15) is 11.6 Å². The Kier molecular flexibility index (Phi) is 3.71. The number of aryl methyl sites for hydroxylation is 1. The van der Waals surface area contributed by atoms with E-state index in [1.807, 2.05) is 29.8 Å². The summed E-state index contributed by atoms with van der Waals surface area (Å²) in [6.45, 7) is 0.525. The molecule has 0 unspecified atom stereocenters. The van der Waals surface area contributed by atoms with Crippen LogP contribution in [0.2, 0.25) is 5.02 Å². The Balaban J connectivity index is 2.24. The van der Waals surface area contributed by atoms with Crippen molar-refractivity contribution in [3.63, 3.8) is 0 Å². The lowest BCUT2D eigenvalue weighted by Gasteiger charge is -2.18. The van der Waals surface area contributed by atoms with Crippen LogP contribution in [0.25, 0.3) is 0 Å². The molecule has 0 aliphatic rings. The summed E-state index contributed by atoms with van der Waals surface area (Å²) >= 11 is 5.79. The van der Waals surface area contributed by atoms with Crippen molar-refractivity contribution in [2.75, 3.05) is 11.9 Å². The zero-order valence-corrected chi connectivity index (χ0v) is 11.3. The number of carboxylic acids is 1. The average Bonchev–Trinajstić information content (AvgIpc) is 2.75. The normalized spacial score (nSPS) is 10.5. The second kappa shape index (κ2) is 5.27. The summed E-state index contributed by atoms with van der Waals surface area (Å²) in [6, 6.07) is 1.45. The number of pyridine rings is 1. The third-order valence-electron chi connectivity index (χ3n) is 2.76. The molecule has 0 bridgehead atoms. The van der Waals surface area contributed by atoms with E-state index in [-0.39, 0.29) is 10.6 Å². The minimum Gasteiger partial charge on any atom is -0.478 e. The molecule has 0 saturated carbocycles. The minimum atomic E-state index is -1.07. The second-order valence-corrected chi connectivity index (χ2v) is 4.55. The van der Waals surface area contributed by atoms with Crippen molar-refractivity contribution < 1.29 is 9.90 Å². The van der Waals surface area contributed by atoms with Crippen LogP contribution in [0.4, 0.5) is 5.82 Å². The summed E-state index contributed by atoms with van der Waals surface area (Å²) in [4.78, 5) is 21.2. The van der Waals surface area contributed by atoms with E-state index in [1.165, 1.54) is 12.3 Å². The second-order valence-electron chi connectivity index (χ2n) is 4.14. The first-order valence-corrected chi connectivity index (χ1v) is 5.93. The molecule has 0 saturated heterocycles. The van der Waals surface area contributed by atoms with Crippen LogP contribution in [0.15, 0.2) is 24.7 Å². The van der Waals surface area contributed by atoms with Crippen LogP contribution in [0.3, 0.4) is 0 Å². The standard InChI is InChI=1S/C12H13ClN4O2/c1-16-4-3-14-11(16)7-17(2)10-5-8(12(18)19)9(13)6-15-10/h3-6H,7H2,1-2H3,(H,18,19). The van der Waals surface area contributed by atoms with Crippen LogP contribution in [-0.2, 0) is 13.6 Å². The molecule has 0 radical (unpaired) electrons. The quantitative estimate of drug-likeness (QED) is 0.925. The van der Waals surface area contributed by atoms with Gasteiger partial charge in [0.25, 0.3) is 0 Å². The van der Waals surface area contributed by atoms with E-state index < -0.39 is 5.97 Å². The van der Waals surface area contributed by atoms with Crippen LogP contribution >= 0.6 is 11.6 Å². The van der Waals surface area contributed by atoms with Gasteiger partial charge in [-0.05, 0) is 6.07 Å². The summed E-state index contributed by atoms with van der Waals surface area (Å²) in [5.41, 5.74) is 0.0401. The molecule has 7 heteroatoms. The van der Waals surface area contributed by atoms with Gasteiger partial charge in [0.2, 0.25) is 0 Å². The highest BCUT2D eigenvalue weighted by molar-refractivity contribution is 6.33. The molecule has 0 amide bonds. The van der Waals surface area contributed by atoms with E-state index in [0.29, 0.717) is 12.4 Å². The molecule has 2 heterocycles. The van der Waals surface area contributed by atoms with Gasteiger partial charge >= 0.3 is 5.97 Å². The maximum atomic E-state index is 11.0. The van der Waals surface area contributed by atoms with Crippen LogP contribution in [0.1, 0.15) is 16.2 Å². The number of hydrogen-bond acceptors (Lipinski definition) is 4. The van der Waals surface area contributed by atoms with Crippen molar-refractivity contribution in [3.05, 3.63) is 41.1 Å². The highest BCUT2D eigenvalue weighted by Gasteiger charge is 2.13. The zero-order valence-electron chi connectivity index (χ0n) is 10.5. The van der Waals surface area contributed by atoms with Crippen molar-refractivity contribution in [3.8, 4) is 0 Å². The van der Waals surface area contributed by atoms with Gasteiger partial charge in [0.05, 0.1) is 17.1 Å². The number of hydrogen-bond donors (Lipinski definition) is 1. The number of carboxylic acid groups (broad SMARTS) is 1. The topological polar surface area (TPSA) is 71.2 Å². The van der Waals surface area contributed by atoms with Crippen molar-refractivity contribution in [2.24, 2.45) is 7.05 Å². The number of nitrogens with zero attached hydrogens (tertiary/aromatic N) is 4. The third kappa shape index (κ3) is 2.85. The summed E-state index contributed by atoms with van der Waals surface area (Å²) in [5, 5.41) is 9.15. The fraction of sp³-hybridized carbons (Fsp3) is 0.250. The van der Waals surface area contributed by atoms with Gasteiger partial charge in [0.15, 0.2) is 0 Å². The molecule has 0 aromatic carbocycles. The van der Waals surface area contributed by atoms with Crippen molar-refractivity contribution in [2.45, 2.75) is 6.54 Å². The van der Waals surface area contributed by atoms with Crippen LogP contribution in [-0.4, -0.2) is 32.7 Å². The molecule has 1 N–H and O–H groups in total. The lowest BCUT2D eigenvalue weighted by atomic mass is 10.2. The van der Waals surface area contributed by atoms with Gasteiger partial charge in [0, 0.05) is 32.7 Å². The first kappa shape index (κ1) is 13.4. The summed E-state index contributed by atoms with van der Waals surface area (Å²) in [7, 11) is 3.71. The Bertz CT molecular complexity index is 612. The molecule has 2 aromatic rings. The third-order valence-corrected chi connectivity index (χ3v) is 3.06. The lowest BCUT2D eigenvalue weighted by Crippen LogP contribution is -2.20. The summed E-state index contributed by atoms with van der Waals surface area (Å²) in [5.74, 6) is 0.319. The molecule has 6 nitrogen and oxygen atoms in total. The molecule has 0 spiro atoms. The minimum absolute atomic E-state index is 0.0401. The van der Waals surface area contributed by atoms with E-state index in [9.17, 15) is 4.79 Å². The maximum absolute atomic E-state index is 11.0. The largest absolute Gasteiger partial charge is 0.478 e. The molecule has 2 rings (SSSR count). The van der Waals surface area contributed by atoms with Gasteiger partial charge in [-0.1, -0.05) is 11.6 Å². The SMILES string of the molecule is CN(Cc1nccn1C)c1cc(C(=O)O)c(Cl)cn1. The number of rotatable bonds is 4. The van der Waals surface area contributed by atoms with E-state index in [2.05, 4.69) is 9.97 Å². The highest BCUT2D eigenvalue weighted by Crippen LogP contribution is 2.20. The van der Waals surface area contributed by atoms with E-state index in [4.69, 9.17) is 16.7 Å². The zero-order chi connectivity index (χ0) is 14.0. The number of carbonyl (C=O) groups is 1. The molecular formula is C12H13ClN4O2. The highest BCUT2D eigenvalue weighted by atomic mass is 35.5. The number of anilines is 1. The van der Waals surface area contributed by atoms with E-state index in [0.717, 1.165) is 5.82 Å². The van der Waals surface area contributed by atoms with Crippen LogP contribution in [0.5, 0.6) is 0 Å². The first-order chi connectivity index (χ1) is 8.99. The Labute approximate surface area is 115 Å². The van der Waals surface area contributed by atoms with Gasteiger partial charge < -0.3 is 14.6 Å². The van der Waals surface area contributed by atoms with Gasteiger partial charge in [-0.25, -0.2) is 14.8 Å². The van der Waals surface area contributed by atoms with Crippen molar-refractivity contribution in [1.29, 1.82) is 0 Å². The molecule has 0 atom stereocenters. The van der Waals surface area contributed by atoms with E-state index >= 15 is 0 Å². The average molecular weight is 281 g/mol. The van der Waals surface area contributed by atoms with E-state index in [1.54, 1.807) is 6.20 Å². The molecule has 0 fully saturated rings. The van der Waals surface area contributed by atoms with Gasteiger partial charge in [-0.3, -0.25) is 0 Å². The molecular weight excluding hydrogens is 268 g/mol. The monoisotopic (exact) mass is 280 g/mol. The van der Waals surface area contributed by atoms with Crippen molar-refractivity contribution >= 4 is 23.4 Å². The number of aromatic carboxylic acids is 1. The molecule has 100 valence electrons. The maximum Gasteiger partial charge on any atom is 0.337 e. The number of halogens is 1. The smallest absolute Gasteiger partial charge is 0.337 e. The fourth-order valence-corrected chi connectivity index (χ4v) is 1.83. The predicted octanol–water partition coefficient (Wildman–Crippen LogP) is 1.80. The fourth-order valence-electron chi connectivity index (χ4n) is 1.64. The predicted molar refractivity (Wildman–Crippen MR) is 71.5 cm³/mol. The molecule has 2 aromatic heterocycles. The van der Waals surface area contributed by atoms with Gasteiger partial charge in [-0.2, -0.15) is 0 Å². The molecule has 0 aliphatic heterocycles. The number of aromatic nitrogens is 3.